The van der Waals surface area contributed by atoms with Crippen LogP contribution in [0.5, 0.6) is 0 Å². The third-order valence-corrected chi connectivity index (χ3v) is 9.18. The van der Waals surface area contributed by atoms with Gasteiger partial charge in [0.1, 0.15) is 5.82 Å². The summed E-state index contributed by atoms with van der Waals surface area (Å²) < 4.78 is 14.5. The number of fused-ring (bicyclic) bond motifs is 1. The van der Waals surface area contributed by atoms with E-state index in [4.69, 9.17) is 23.2 Å². The van der Waals surface area contributed by atoms with Gasteiger partial charge in [-0.3, -0.25) is 9.59 Å². The molecule has 3 heterocycles. The Balaban J connectivity index is 1.59. The summed E-state index contributed by atoms with van der Waals surface area (Å²) >= 11 is 12.3. The molecule has 1 aromatic heterocycles. The first-order valence-electron chi connectivity index (χ1n) is 15.2. The van der Waals surface area contributed by atoms with E-state index in [1.807, 2.05) is 31.3 Å². The fourth-order valence-corrected chi connectivity index (χ4v) is 6.76. The molecule has 2 N–H and O–H groups in total. The van der Waals surface area contributed by atoms with Crippen molar-refractivity contribution in [1.82, 2.24) is 25.0 Å². The van der Waals surface area contributed by atoms with E-state index in [0.29, 0.717) is 49.7 Å². The van der Waals surface area contributed by atoms with Crippen LogP contribution in [0.15, 0.2) is 54.7 Å². The van der Waals surface area contributed by atoms with Crippen molar-refractivity contribution in [2.24, 2.45) is 5.41 Å². The number of hydrogen-bond acceptors (Lipinski definition) is 3. The number of unbranched alkanes of at least 4 members (excludes halogenated alkanes) is 1. The largest absolute Gasteiger partial charge is 0.361 e. The van der Waals surface area contributed by atoms with Crippen LogP contribution in [0, 0.1) is 11.2 Å². The maximum atomic E-state index is 14.8. The Hall–Kier alpha value is -3.56. The van der Waals surface area contributed by atoms with Crippen molar-refractivity contribution in [1.29, 1.82) is 0 Å². The summed E-state index contributed by atoms with van der Waals surface area (Å²) in [6.07, 6.45) is 8.10. The number of hydrogen-bond donors (Lipinski definition) is 2. The van der Waals surface area contributed by atoms with E-state index in [1.54, 1.807) is 26.8 Å². The van der Waals surface area contributed by atoms with E-state index >= 15 is 0 Å². The van der Waals surface area contributed by atoms with E-state index < -0.39 is 17.3 Å². The van der Waals surface area contributed by atoms with Gasteiger partial charge in [-0.25, -0.2) is 9.18 Å². The second-order valence-corrected chi connectivity index (χ2v) is 12.4. The Morgan fingerprint density at radius 1 is 1.07 bits per heavy atom. The van der Waals surface area contributed by atoms with Gasteiger partial charge in [0.05, 0.1) is 16.5 Å². The van der Waals surface area contributed by atoms with Crippen molar-refractivity contribution < 1.29 is 18.8 Å². The lowest BCUT2D eigenvalue weighted by atomic mass is 9.72. The number of piperazine rings is 1. The van der Waals surface area contributed by atoms with E-state index in [2.05, 4.69) is 23.3 Å². The van der Waals surface area contributed by atoms with Crippen LogP contribution in [0.1, 0.15) is 56.7 Å². The summed E-state index contributed by atoms with van der Waals surface area (Å²) in [7, 11) is 0. The molecule has 0 bridgehead atoms. The van der Waals surface area contributed by atoms with Crippen LogP contribution in [0.2, 0.25) is 10.0 Å². The van der Waals surface area contributed by atoms with Crippen molar-refractivity contribution in [3.63, 3.8) is 0 Å². The summed E-state index contributed by atoms with van der Waals surface area (Å²) in [5, 5.41) is 4.25. The molecule has 2 aliphatic heterocycles. The van der Waals surface area contributed by atoms with Gasteiger partial charge in [-0.1, -0.05) is 60.8 Å². The van der Waals surface area contributed by atoms with Gasteiger partial charge in [-0.15, -0.1) is 0 Å². The first-order chi connectivity index (χ1) is 21.2. The molecule has 3 aromatic rings. The summed E-state index contributed by atoms with van der Waals surface area (Å²) in [4.78, 5) is 49.8. The number of aromatic nitrogens is 1. The average Bonchev–Trinajstić information content (AvgIpc) is 3.54. The average molecular weight is 643 g/mol. The van der Waals surface area contributed by atoms with Gasteiger partial charge in [0, 0.05) is 73.4 Å². The Kier molecular flexibility index (Phi) is 9.85. The summed E-state index contributed by atoms with van der Waals surface area (Å²) in [5.74, 6) is -0.878. The molecule has 0 saturated carbocycles. The molecule has 44 heavy (non-hydrogen) atoms. The fourth-order valence-electron chi connectivity index (χ4n) is 6.47. The molecule has 2 fully saturated rings. The highest BCUT2D eigenvalue weighted by Gasteiger charge is 2.58. The van der Waals surface area contributed by atoms with Gasteiger partial charge in [0.25, 0.3) is 0 Å². The Morgan fingerprint density at radius 2 is 1.82 bits per heavy atom. The molecule has 0 unspecified atom stereocenters. The van der Waals surface area contributed by atoms with Crippen LogP contribution in [-0.2, 0) is 16.1 Å². The number of rotatable bonds is 9. The molecule has 2 saturated heterocycles. The maximum Gasteiger partial charge on any atom is 0.317 e. The highest BCUT2D eigenvalue weighted by Crippen LogP contribution is 2.54. The summed E-state index contributed by atoms with van der Waals surface area (Å²) in [6, 6.07) is 9.24. The van der Waals surface area contributed by atoms with Crippen LogP contribution in [0.3, 0.4) is 0 Å². The van der Waals surface area contributed by atoms with Crippen molar-refractivity contribution in [3.05, 3.63) is 81.7 Å². The summed E-state index contributed by atoms with van der Waals surface area (Å²) in [6.45, 7) is 6.12. The number of nitrogens with one attached hydrogen (secondary N) is 2. The minimum Gasteiger partial charge on any atom is -0.361 e. The first kappa shape index (κ1) is 31.9. The van der Waals surface area contributed by atoms with Crippen LogP contribution in [-0.4, -0.2) is 70.3 Å². The zero-order chi connectivity index (χ0) is 31.4. The number of carbonyl (C=O) groups excluding carboxylic acids is 3. The smallest absolute Gasteiger partial charge is 0.317 e. The normalized spacial score (nSPS) is 20.7. The monoisotopic (exact) mass is 641 g/mol. The second-order valence-electron chi connectivity index (χ2n) is 11.5. The molecule has 8 nitrogen and oxygen atoms in total. The number of carbonyl (C=O) groups is 3. The lowest BCUT2D eigenvalue weighted by Gasteiger charge is -2.42. The molecule has 11 heteroatoms. The maximum absolute atomic E-state index is 14.8. The molecule has 0 spiro atoms. The van der Waals surface area contributed by atoms with Crippen molar-refractivity contribution in [3.8, 4) is 0 Å². The van der Waals surface area contributed by atoms with Crippen LogP contribution in [0.4, 0.5) is 9.18 Å². The SMILES string of the molecule is CCC/C=C/C[C@@]1(C(=O)N2CCN(C(=O)NCC)CC2)CC(=O)N(Cc2ccc(Cl)c(F)c2)[C@H]1c1c[nH]c2cc(Cl)ccc12. The van der Waals surface area contributed by atoms with Crippen LogP contribution >= 0.6 is 23.2 Å². The van der Waals surface area contributed by atoms with E-state index in [9.17, 15) is 18.8 Å². The number of H-pyrrole nitrogens is 1. The number of halogens is 3. The predicted octanol–water partition coefficient (Wildman–Crippen LogP) is 6.69. The number of amides is 4. The number of benzene rings is 2. The zero-order valence-corrected chi connectivity index (χ0v) is 26.6. The van der Waals surface area contributed by atoms with Crippen LogP contribution < -0.4 is 5.32 Å². The predicted molar refractivity (Wildman–Crippen MR) is 171 cm³/mol. The summed E-state index contributed by atoms with van der Waals surface area (Å²) in [5.41, 5.74) is 1.04. The second kappa shape index (κ2) is 13.6. The van der Waals surface area contributed by atoms with Crippen molar-refractivity contribution in [2.75, 3.05) is 32.7 Å². The van der Waals surface area contributed by atoms with E-state index in [1.165, 1.54) is 12.1 Å². The minimum absolute atomic E-state index is 0.000164. The Labute approximate surface area is 267 Å². The van der Waals surface area contributed by atoms with Gasteiger partial charge in [-0.2, -0.15) is 0 Å². The number of allylic oxidation sites excluding steroid dienone is 2. The fraction of sp³-hybridized carbons (Fsp3) is 0.424. The van der Waals surface area contributed by atoms with Gasteiger partial charge < -0.3 is 25.0 Å². The molecular weight excluding hydrogens is 604 g/mol. The third kappa shape index (κ3) is 6.31. The van der Waals surface area contributed by atoms with Gasteiger partial charge in [0.2, 0.25) is 11.8 Å². The third-order valence-electron chi connectivity index (χ3n) is 8.64. The van der Waals surface area contributed by atoms with E-state index in [0.717, 1.165) is 29.3 Å². The zero-order valence-electron chi connectivity index (χ0n) is 25.0. The Bertz CT molecular complexity index is 1570. The molecule has 5 rings (SSSR count). The van der Waals surface area contributed by atoms with E-state index in [-0.39, 0.29) is 35.8 Å². The molecule has 2 aromatic carbocycles. The molecule has 4 amide bonds. The highest BCUT2D eigenvalue weighted by molar-refractivity contribution is 6.31. The number of aromatic amines is 1. The molecular formula is C33H38Cl2FN5O3. The molecule has 2 atom stereocenters. The quantitative estimate of drug-likeness (QED) is 0.255. The van der Waals surface area contributed by atoms with Gasteiger partial charge in [0.15, 0.2) is 0 Å². The van der Waals surface area contributed by atoms with Gasteiger partial charge in [-0.05, 0) is 49.6 Å². The molecule has 0 aliphatic carbocycles. The number of urea groups is 1. The van der Waals surface area contributed by atoms with Crippen LogP contribution in [0.25, 0.3) is 10.9 Å². The highest BCUT2D eigenvalue weighted by atomic mass is 35.5. The van der Waals surface area contributed by atoms with Crippen molar-refractivity contribution in [2.45, 2.75) is 52.1 Å². The molecule has 0 radical (unpaired) electrons. The molecule has 2 aliphatic rings. The number of nitrogens with zero attached hydrogens (tertiary/aromatic N) is 3. The topological polar surface area (TPSA) is 88.8 Å². The number of likely N-dealkylation sites (tertiary alicyclic amines) is 1. The van der Waals surface area contributed by atoms with Gasteiger partial charge >= 0.3 is 6.03 Å². The first-order valence-corrected chi connectivity index (χ1v) is 15.9. The Morgan fingerprint density at radius 3 is 2.52 bits per heavy atom. The lowest BCUT2D eigenvalue weighted by Crippen LogP contribution is -2.56. The van der Waals surface area contributed by atoms with Crippen molar-refractivity contribution >= 4 is 52.0 Å². The lowest BCUT2D eigenvalue weighted by molar-refractivity contribution is -0.145. The minimum atomic E-state index is -1.13. The standard InChI is InChI=1S/C33H38Cl2FN5O3/c1-3-5-6-7-12-33(31(43)39-13-15-40(16-14-39)32(44)37-4-2)19-29(42)41(21-22-8-11-26(35)27(36)17-22)30(33)25-20-38-28-18-23(34)9-10-24(25)28/h6-11,17-18,20,30,38H,3-5,12-16,19,21H2,1-2H3,(H,37,44)/b7-6+/t30-,33+/m0/s1. The molecule has 234 valence electrons.